The maximum Gasteiger partial charge on any atom is 0.317 e. The molecule has 2 aromatic rings. The van der Waals surface area contributed by atoms with E-state index in [4.69, 9.17) is 4.74 Å². The van der Waals surface area contributed by atoms with Crippen molar-refractivity contribution in [3.05, 3.63) is 59.7 Å². The number of hydrogen-bond donors (Lipinski definition) is 1. The summed E-state index contributed by atoms with van der Waals surface area (Å²) in [6.07, 6.45) is 2.05. The second-order valence-electron chi connectivity index (χ2n) is 5.60. The lowest BCUT2D eigenvalue weighted by Crippen LogP contribution is -2.38. The molecule has 0 saturated carbocycles. The average molecular weight is 344 g/mol. The number of benzene rings is 2. The number of carbonyl (C=O) groups is 1. The molecule has 0 heterocycles. The van der Waals surface area contributed by atoms with E-state index in [9.17, 15) is 4.79 Å². The molecule has 2 amide bonds. The van der Waals surface area contributed by atoms with Crippen molar-refractivity contribution in [3.63, 3.8) is 0 Å². The van der Waals surface area contributed by atoms with Crippen LogP contribution in [0.25, 0.3) is 0 Å². The highest BCUT2D eigenvalue weighted by Crippen LogP contribution is 2.15. The first kappa shape index (κ1) is 18.2. The van der Waals surface area contributed by atoms with Crippen LogP contribution >= 0.6 is 11.8 Å². The fraction of sp³-hybridized carbons (Fsp3) is 0.316. The van der Waals surface area contributed by atoms with Crippen LogP contribution in [0.2, 0.25) is 0 Å². The van der Waals surface area contributed by atoms with Gasteiger partial charge in [0.1, 0.15) is 12.4 Å². The summed E-state index contributed by atoms with van der Waals surface area (Å²) in [5.41, 5.74) is 2.27. The highest BCUT2D eigenvalue weighted by Gasteiger charge is 2.08. The van der Waals surface area contributed by atoms with Gasteiger partial charge in [0.2, 0.25) is 0 Å². The largest absolute Gasteiger partial charge is 0.492 e. The smallest absolute Gasteiger partial charge is 0.317 e. The van der Waals surface area contributed by atoms with Crippen LogP contribution < -0.4 is 10.1 Å². The van der Waals surface area contributed by atoms with E-state index in [1.807, 2.05) is 37.4 Å². The topological polar surface area (TPSA) is 41.6 Å². The zero-order valence-electron chi connectivity index (χ0n) is 14.4. The Balaban J connectivity index is 1.71. The number of carbonyl (C=O) groups excluding carboxylic acids is 1. The first-order valence-electron chi connectivity index (χ1n) is 7.90. The molecule has 1 N–H and O–H groups in total. The van der Waals surface area contributed by atoms with Crippen molar-refractivity contribution in [1.82, 2.24) is 10.2 Å². The van der Waals surface area contributed by atoms with Crippen LogP contribution in [0.5, 0.6) is 5.75 Å². The minimum absolute atomic E-state index is 0.100. The Hall–Kier alpha value is -2.14. The Bertz CT molecular complexity index is 659. The van der Waals surface area contributed by atoms with Crippen molar-refractivity contribution in [1.29, 1.82) is 0 Å². The average Bonchev–Trinajstić information content (AvgIpc) is 2.59. The van der Waals surface area contributed by atoms with Gasteiger partial charge in [-0.2, -0.15) is 0 Å². The van der Waals surface area contributed by atoms with Crippen molar-refractivity contribution in [2.75, 3.05) is 26.5 Å². The highest BCUT2D eigenvalue weighted by molar-refractivity contribution is 7.98. The predicted octanol–water partition coefficient (Wildman–Crippen LogP) is 3.94. The number of thioether (sulfide) groups is 1. The van der Waals surface area contributed by atoms with Gasteiger partial charge in [-0.1, -0.05) is 24.3 Å². The Morgan fingerprint density at radius 2 is 1.96 bits per heavy atom. The van der Waals surface area contributed by atoms with Gasteiger partial charge in [-0.3, -0.25) is 0 Å². The highest BCUT2D eigenvalue weighted by atomic mass is 32.2. The molecule has 5 heteroatoms. The van der Waals surface area contributed by atoms with Crippen molar-refractivity contribution in [3.8, 4) is 5.75 Å². The summed E-state index contributed by atoms with van der Waals surface area (Å²) in [6.45, 7) is 3.53. The minimum atomic E-state index is -0.100. The van der Waals surface area contributed by atoms with E-state index in [-0.39, 0.29) is 6.03 Å². The lowest BCUT2D eigenvalue weighted by Gasteiger charge is -2.18. The summed E-state index contributed by atoms with van der Waals surface area (Å²) in [5.74, 6) is 0.825. The number of ether oxygens (including phenoxy) is 1. The maximum absolute atomic E-state index is 12.1. The van der Waals surface area contributed by atoms with Gasteiger partial charge in [0, 0.05) is 18.5 Å². The van der Waals surface area contributed by atoms with Crippen molar-refractivity contribution < 1.29 is 9.53 Å². The second kappa shape index (κ2) is 9.23. The molecular weight excluding hydrogens is 320 g/mol. The molecule has 0 fully saturated rings. The van der Waals surface area contributed by atoms with Crippen LogP contribution in [0.1, 0.15) is 11.1 Å². The van der Waals surface area contributed by atoms with Gasteiger partial charge >= 0.3 is 6.03 Å². The predicted molar refractivity (Wildman–Crippen MR) is 99.8 cm³/mol. The zero-order chi connectivity index (χ0) is 17.4. The van der Waals surface area contributed by atoms with Crippen LogP contribution in [0.3, 0.4) is 0 Å². The fourth-order valence-corrected chi connectivity index (χ4v) is 2.65. The zero-order valence-corrected chi connectivity index (χ0v) is 15.2. The Labute approximate surface area is 148 Å². The minimum Gasteiger partial charge on any atom is -0.492 e. The molecule has 0 atom stereocenters. The molecule has 0 aliphatic rings. The van der Waals surface area contributed by atoms with Gasteiger partial charge in [-0.05, 0) is 48.6 Å². The van der Waals surface area contributed by atoms with E-state index in [1.165, 1.54) is 4.90 Å². The standard InChI is InChI=1S/C19H24N2O2S/c1-15-5-4-6-17(13-15)23-12-11-20-19(22)21(2)14-16-7-9-18(24-3)10-8-16/h4-10,13H,11-12,14H2,1-3H3,(H,20,22). The van der Waals surface area contributed by atoms with Gasteiger partial charge in [0.25, 0.3) is 0 Å². The van der Waals surface area contributed by atoms with Gasteiger partial charge in [0.15, 0.2) is 0 Å². The molecule has 24 heavy (non-hydrogen) atoms. The van der Waals surface area contributed by atoms with Gasteiger partial charge in [-0.15, -0.1) is 11.8 Å². The third kappa shape index (κ3) is 5.81. The molecule has 0 aromatic heterocycles. The van der Waals surface area contributed by atoms with E-state index in [0.717, 1.165) is 16.9 Å². The summed E-state index contributed by atoms with van der Waals surface area (Å²) in [6, 6.07) is 16.0. The molecule has 128 valence electrons. The van der Waals surface area contributed by atoms with E-state index < -0.39 is 0 Å². The van der Waals surface area contributed by atoms with E-state index in [0.29, 0.717) is 19.7 Å². The van der Waals surface area contributed by atoms with E-state index in [2.05, 4.69) is 29.6 Å². The molecule has 4 nitrogen and oxygen atoms in total. The number of nitrogens with zero attached hydrogens (tertiary/aromatic N) is 1. The lowest BCUT2D eigenvalue weighted by atomic mass is 10.2. The molecule has 0 radical (unpaired) electrons. The third-order valence-electron chi connectivity index (χ3n) is 3.56. The fourth-order valence-electron chi connectivity index (χ4n) is 2.24. The molecule has 0 aliphatic heterocycles. The lowest BCUT2D eigenvalue weighted by molar-refractivity contribution is 0.203. The summed E-state index contributed by atoms with van der Waals surface area (Å²) < 4.78 is 5.63. The maximum atomic E-state index is 12.1. The Morgan fingerprint density at radius 1 is 1.21 bits per heavy atom. The quantitative estimate of drug-likeness (QED) is 0.611. The number of urea groups is 1. The molecule has 0 bridgehead atoms. The molecular formula is C19H24N2O2S. The molecule has 2 aromatic carbocycles. The molecule has 0 aliphatic carbocycles. The van der Waals surface area contributed by atoms with Gasteiger partial charge < -0.3 is 15.0 Å². The number of aryl methyl sites for hydroxylation is 1. The van der Waals surface area contributed by atoms with Crippen molar-refractivity contribution in [2.45, 2.75) is 18.4 Å². The number of amides is 2. The van der Waals surface area contributed by atoms with Crippen molar-refractivity contribution >= 4 is 17.8 Å². The second-order valence-corrected chi connectivity index (χ2v) is 6.48. The van der Waals surface area contributed by atoms with Crippen LogP contribution in [0, 0.1) is 6.92 Å². The monoisotopic (exact) mass is 344 g/mol. The first-order valence-corrected chi connectivity index (χ1v) is 9.12. The number of rotatable bonds is 7. The Kier molecular flexibility index (Phi) is 7.00. The third-order valence-corrected chi connectivity index (χ3v) is 4.31. The van der Waals surface area contributed by atoms with Gasteiger partial charge in [0.05, 0.1) is 6.54 Å². The normalized spacial score (nSPS) is 10.3. The summed E-state index contributed by atoms with van der Waals surface area (Å²) in [7, 11) is 1.79. The van der Waals surface area contributed by atoms with Crippen LogP contribution in [0.4, 0.5) is 4.79 Å². The van der Waals surface area contributed by atoms with E-state index in [1.54, 1.807) is 23.7 Å². The SMILES string of the molecule is CSc1ccc(CN(C)C(=O)NCCOc2cccc(C)c2)cc1. The summed E-state index contributed by atoms with van der Waals surface area (Å²) >= 11 is 1.71. The van der Waals surface area contributed by atoms with Gasteiger partial charge in [-0.25, -0.2) is 4.79 Å². The molecule has 0 spiro atoms. The molecule has 0 unspecified atom stereocenters. The number of nitrogens with one attached hydrogen (secondary N) is 1. The Morgan fingerprint density at radius 3 is 2.62 bits per heavy atom. The molecule has 0 saturated heterocycles. The van der Waals surface area contributed by atoms with Crippen LogP contribution in [-0.2, 0) is 6.54 Å². The van der Waals surface area contributed by atoms with Crippen molar-refractivity contribution in [2.24, 2.45) is 0 Å². The summed E-state index contributed by atoms with van der Waals surface area (Å²) in [5, 5.41) is 2.87. The van der Waals surface area contributed by atoms with E-state index >= 15 is 0 Å². The number of hydrogen-bond acceptors (Lipinski definition) is 3. The van der Waals surface area contributed by atoms with Crippen LogP contribution in [-0.4, -0.2) is 37.4 Å². The molecule has 2 rings (SSSR count). The first-order chi connectivity index (χ1) is 11.6. The summed E-state index contributed by atoms with van der Waals surface area (Å²) in [4.78, 5) is 15.0. The van der Waals surface area contributed by atoms with Crippen LogP contribution in [0.15, 0.2) is 53.4 Å².